The van der Waals surface area contributed by atoms with E-state index in [0.29, 0.717) is 59.2 Å². The molecule has 0 aliphatic carbocycles. The highest BCUT2D eigenvalue weighted by Crippen LogP contribution is 2.16. The van der Waals surface area contributed by atoms with Gasteiger partial charge in [-0.25, -0.2) is 0 Å². The highest BCUT2D eigenvalue weighted by atomic mass is 16.5. The third kappa shape index (κ3) is 29.1. The molecule has 0 aromatic rings. The summed E-state index contributed by atoms with van der Waals surface area (Å²) in [7, 11) is 0. The number of carboxylic acids is 1. The minimum atomic E-state index is -1.02. The highest BCUT2D eigenvalue weighted by Gasteiger charge is 2.22. The monoisotopic (exact) mass is 585 g/mol. The zero-order chi connectivity index (χ0) is 30.2. The van der Waals surface area contributed by atoms with Crippen molar-refractivity contribution < 1.29 is 33.7 Å². The first-order chi connectivity index (χ1) is 20.0. The van der Waals surface area contributed by atoms with E-state index in [1.165, 1.54) is 64.2 Å². The first-order valence-corrected chi connectivity index (χ1v) is 15.8. The van der Waals surface area contributed by atoms with Gasteiger partial charge >= 0.3 is 5.97 Å². The van der Waals surface area contributed by atoms with Gasteiger partial charge in [0.05, 0.1) is 45.6 Å². The van der Waals surface area contributed by atoms with E-state index < -0.39 is 11.9 Å². The minimum absolute atomic E-state index is 0.00859. The summed E-state index contributed by atoms with van der Waals surface area (Å²) in [5.41, 5.74) is 6.51. The normalized spacial score (nSPS) is 11.6. The number of amides is 1. The van der Waals surface area contributed by atoms with Gasteiger partial charge in [0, 0.05) is 25.8 Å². The fourth-order valence-electron chi connectivity index (χ4n) is 4.38. The smallest absolute Gasteiger partial charge is 0.306 e. The van der Waals surface area contributed by atoms with Crippen molar-refractivity contribution in [1.29, 1.82) is 5.53 Å². The molecule has 0 unspecified atom stereocenters. The van der Waals surface area contributed by atoms with Gasteiger partial charge in [0.25, 0.3) is 0 Å². The van der Waals surface area contributed by atoms with E-state index in [9.17, 15) is 19.5 Å². The quantitative estimate of drug-likeness (QED) is 0.0524. The molecule has 0 aromatic carbocycles. The van der Waals surface area contributed by atoms with Crippen molar-refractivity contribution in [3.05, 3.63) is 0 Å². The number of carboxylic acid groups (broad SMARTS) is 1. The second-order valence-electron chi connectivity index (χ2n) is 10.5. The summed E-state index contributed by atoms with van der Waals surface area (Å²) in [5, 5.41) is 15.7. The van der Waals surface area contributed by atoms with Gasteiger partial charge in [-0.3, -0.25) is 14.4 Å². The van der Waals surface area contributed by atoms with Crippen molar-refractivity contribution in [2.24, 2.45) is 11.0 Å². The van der Waals surface area contributed by atoms with Gasteiger partial charge in [0.2, 0.25) is 10.8 Å². The summed E-state index contributed by atoms with van der Waals surface area (Å²) in [6, 6.07) is 0. The van der Waals surface area contributed by atoms with E-state index in [4.69, 9.17) is 19.7 Å². The number of hydrogen-bond donors (Lipinski definition) is 3. The first kappa shape index (κ1) is 38.8. The predicted octanol–water partition coefficient (Wildman–Crippen LogP) is 5.62. The summed E-state index contributed by atoms with van der Waals surface area (Å²) in [6.45, 7) is 5.26. The maximum atomic E-state index is 12.3. The minimum Gasteiger partial charge on any atom is -0.481 e. The SMILES string of the molecule is CCCCCCCCCCCCCCCC(=O)C[C@@H](CCC(=O)NCCOCCOCCOCCN=[N+]=N)C(=O)O. The van der Waals surface area contributed by atoms with Gasteiger partial charge in [0.15, 0.2) is 0 Å². The Bertz CT molecular complexity index is 702. The molecule has 1 amide bonds. The number of nitrogens with one attached hydrogen (secondary N) is 2. The van der Waals surface area contributed by atoms with Crippen LogP contribution in [-0.2, 0) is 28.6 Å². The van der Waals surface area contributed by atoms with E-state index in [2.05, 4.69) is 22.3 Å². The van der Waals surface area contributed by atoms with Crippen LogP contribution < -0.4 is 10.2 Å². The summed E-state index contributed by atoms with van der Waals surface area (Å²) in [6.07, 6.45) is 16.7. The Morgan fingerprint density at radius 2 is 1.27 bits per heavy atom. The van der Waals surface area contributed by atoms with Crippen molar-refractivity contribution in [3.8, 4) is 0 Å². The molecule has 0 fully saturated rings. The molecule has 0 radical (unpaired) electrons. The van der Waals surface area contributed by atoms with E-state index in [1.807, 2.05) is 0 Å². The molecule has 0 spiro atoms. The van der Waals surface area contributed by atoms with Crippen LogP contribution in [-0.4, -0.2) is 75.5 Å². The maximum absolute atomic E-state index is 12.3. The number of ether oxygens (including phenoxy) is 3. The predicted molar refractivity (Wildman–Crippen MR) is 158 cm³/mol. The summed E-state index contributed by atoms with van der Waals surface area (Å²) < 4.78 is 16.0. The number of Topliss-reactive ketones (excluding diaryl/α,β-unsaturated/α-hetero) is 1. The molecule has 11 nitrogen and oxygen atoms in total. The summed E-state index contributed by atoms with van der Waals surface area (Å²) in [4.78, 5) is 38.8. The molecule has 1 atom stereocenters. The Kier molecular flexibility index (Phi) is 29.1. The molecular weight excluding hydrogens is 528 g/mol. The highest BCUT2D eigenvalue weighted by molar-refractivity contribution is 5.84. The van der Waals surface area contributed by atoms with Gasteiger partial charge < -0.3 is 24.6 Å². The summed E-state index contributed by atoms with van der Waals surface area (Å²) in [5.74, 6) is -2.13. The lowest BCUT2D eigenvalue weighted by atomic mass is 9.94. The fraction of sp³-hybridized carbons (Fsp3) is 0.900. The summed E-state index contributed by atoms with van der Waals surface area (Å²) >= 11 is 0. The van der Waals surface area contributed by atoms with E-state index >= 15 is 0 Å². The van der Waals surface area contributed by atoms with Crippen LogP contribution in [0.2, 0.25) is 0 Å². The topological polar surface area (TPSA) is 161 Å². The lowest BCUT2D eigenvalue weighted by molar-refractivity contribution is -0.144. The van der Waals surface area contributed by atoms with Crippen molar-refractivity contribution in [1.82, 2.24) is 10.2 Å². The maximum Gasteiger partial charge on any atom is 0.306 e. The van der Waals surface area contributed by atoms with E-state index in [0.717, 1.165) is 19.3 Å². The number of aliphatic carboxylic acids is 1. The number of carbonyl (C=O) groups excluding carboxylic acids is 2. The number of hydrogen-bond acceptors (Lipinski definition) is 8. The zero-order valence-electron chi connectivity index (χ0n) is 25.5. The third-order valence-corrected chi connectivity index (χ3v) is 6.82. The standard InChI is InChI=1S/C30H56N4O7/c1-2-3-4-5-6-7-8-9-10-11-12-13-14-15-28(35)26-27(30(37)38)16-17-29(36)32-18-20-39-22-24-41-25-23-40-21-19-33-34-31/h27,31H,2-26H2,1H3,(H-,32,36,37,38)/p+1/t27-/m1/s1. The van der Waals surface area contributed by atoms with Crippen LogP contribution in [0.4, 0.5) is 0 Å². The van der Waals surface area contributed by atoms with Gasteiger partial charge in [-0.05, 0) is 12.8 Å². The van der Waals surface area contributed by atoms with Crippen LogP contribution in [0.15, 0.2) is 5.11 Å². The number of unbranched alkanes of at least 4 members (excludes halogenated alkanes) is 12. The number of carbonyl (C=O) groups is 3. The van der Waals surface area contributed by atoms with Gasteiger partial charge in [-0.2, -0.15) is 0 Å². The van der Waals surface area contributed by atoms with Crippen LogP contribution in [0.25, 0.3) is 0 Å². The molecule has 41 heavy (non-hydrogen) atoms. The molecular formula is C30H57N4O7+. The average molecular weight is 586 g/mol. The largest absolute Gasteiger partial charge is 0.481 e. The van der Waals surface area contributed by atoms with Gasteiger partial charge in [-0.1, -0.05) is 84.0 Å². The average Bonchev–Trinajstić information content (AvgIpc) is 2.95. The van der Waals surface area contributed by atoms with Gasteiger partial charge in [-0.15, -0.1) is 0 Å². The third-order valence-electron chi connectivity index (χ3n) is 6.82. The lowest BCUT2D eigenvalue weighted by Gasteiger charge is -2.12. The lowest BCUT2D eigenvalue weighted by Crippen LogP contribution is -2.29. The molecule has 3 N–H and O–H groups in total. The molecule has 0 bridgehead atoms. The van der Waals surface area contributed by atoms with Crippen LogP contribution in [0, 0.1) is 11.4 Å². The number of ketones is 1. The Hall–Kier alpha value is -2.20. The van der Waals surface area contributed by atoms with Crippen molar-refractivity contribution >= 4 is 17.7 Å². The molecule has 238 valence electrons. The fourth-order valence-corrected chi connectivity index (χ4v) is 4.38. The number of rotatable bonds is 32. The Labute approximate surface area is 247 Å². The van der Waals surface area contributed by atoms with Gasteiger partial charge in [0.1, 0.15) is 23.0 Å². The van der Waals surface area contributed by atoms with Crippen LogP contribution in [0.1, 0.15) is 116 Å². The molecule has 11 heteroatoms. The zero-order valence-corrected chi connectivity index (χ0v) is 25.5. The second-order valence-corrected chi connectivity index (χ2v) is 10.5. The Morgan fingerprint density at radius 3 is 1.80 bits per heavy atom. The van der Waals surface area contributed by atoms with Crippen LogP contribution >= 0.6 is 0 Å². The van der Waals surface area contributed by atoms with Crippen molar-refractivity contribution in [3.63, 3.8) is 0 Å². The molecule has 0 aromatic heterocycles. The van der Waals surface area contributed by atoms with E-state index in [-0.39, 0.29) is 31.0 Å². The molecule has 0 rings (SSSR count). The van der Waals surface area contributed by atoms with Crippen molar-refractivity contribution in [2.45, 2.75) is 116 Å². The Morgan fingerprint density at radius 1 is 0.756 bits per heavy atom. The molecule has 0 heterocycles. The first-order valence-electron chi connectivity index (χ1n) is 15.8. The second kappa shape index (κ2) is 30.8. The Balaban J connectivity index is 3.68. The molecule has 0 aliphatic rings. The molecule has 0 saturated heterocycles. The van der Waals surface area contributed by atoms with E-state index in [1.54, 1.807) is 0 Å². The molecule has 0 aliphatic heterocycles. The van der Waals surface area contributed by atoms with Crippen LogP contribution in [0.3, 0.4) is 0 Å². The van der Waals surface area contributed by atoms with Crippen molar-refractivity contribution in [2.75, 3.05) is 52.7 Å². The number of nitrogens with zero attached hydrogens (tertiary/aromatic N) is 2. The van der Waals surface area contributed by atoms with Crippen LogP contribution in [0.5, 0.6) is 0 Å². The molecule has 0 saturated carbocycles.